The summed E-state index contributed by atoms with van der Waals surface area (Å²) < 4.78 is 0. The molecule has 0 aromatic heterocycles. The van der Waals surface area contributed by atoms with E-state index in [9.17, 15) is 4.79 Å². The molecule has 1 saturated carbocycles. The molecule has 0 aliphatic heterocycles. The molecular formula is C16H20N2O. The second kappa shape index (κ2) is 6.94. The lowest BCUT2D eigenvalue weighted by Crippen LogP contribution is -2.32. The summed E-state index contributed by atoms with van der Waals surface area (Å²) in [6, 6.07) is 11.8. The summed E-state index contributed by atoms with van der Waals surface area (Å²) in [7, 11) is 0. The summed E-state index contributed by atoms with van der Waals surface area (Å²) >= 11 is 0. The van der Waals surface area contributed by atoms with Crippen LogP contribution in [0.25, 0.3) is 0 Å². The number of amides is 1. The molecule has 19 heavy (non-hydrogen) atoms. The molecule has 2 rings (SSSR count). The van der Waals surface area contributed by atoms with Crippen molar-refractivity contribution in [3.05, 3.63) is 30.3 Å². The van der Waals surface area contributed by atoms with Crippen LogP contribution in [0.3, 0.4) is 0 Å². The molecule has 1 aliphatic carbocycles. The Morgan fingerprint density at radius 3 is 2.58 bits per heavy atom. The molecule has 0 heterocycles. The molecule has 0 unspecified atom stereocenters. The molecule has 0 radical (unpaired) electrons. The van der Waals surface area contributed by atoms with Gasteiger partial charge in [0.2, 0.25) is 5.91 Å². The van der Waals surface area contributed by atoms with Gasteiger partial charge < -0.3 is 4.90 Å². The van der Waals surface area contributed by atoms with Crippen molar-refractivity contribution >= 4 is 11.6 Å². The standard InChI is InChI=1S/C16H20N2O/c17-11-6-12-18(15-9-2-1-3-10-15)16(19)13-14-7-4-5-8-14/h1-3,9-10,14H,4-8,12-13H2. The van der Waals surface area contributed by atoms with Gasteiger partial charge in [0, 0.05) is 18.7 Å². The fraction of sp³-hybridized carbons (Fsp3) is 0.500. The van der Waals surface area contributed by atoms with E-state index in [4.69, 9.17) is 5.26 Å². The summed E-state index contributed by atoms with van der Waals surface area (Å²) in [6.07, 6.45) is 5.85. The van der Waals surface area contributed by atoms with E-state index in [1.807, 2.05) is 30.3 Å². The first kappa shape index (κ1) is 13.6. The normalized spacial score (nSPS) is 15.1. The average molecular weight is 256 g/mol. The number of hydrogen-bond acceptors (Lipinski definition) is 2. The van der Waals surface area contributed by atoms with Gasteiger partial charge in [-0.05, 0) is 30.9 Å². The van der Waals surface area contributed by atoms with Crippen LogP contribution in [0.1, 0.15) is 38.5 Å². The van der Waals surface area contributed by atoms with Gasteiger partial charge in [-0.25, -0.2) is 0 Å². The van der Waals surface area contributed by atoms with Gasteiger partial charge in [0.15, 0.2) is 0 Å². The third kappa shape index (κ3) is 3.82. The number of carbonyl (C=O) groups excluding carboxylic acids is 1. The lowest BCUT2D eigenvalue weighted by atomic mass is 10.0. The Hall–Kier alpha value is -1.82. The van der Waals surface area contributed by atoms with E-state index in [0.29, 0.717) is 25.3 Å². The van der Waals surface area contributed by atoms with Crippen molar-refractivity contribution in [3.8, 4) is 6.07 Å². The van der Waals surface area contributed by atoms with Gasteiger partial charge >= 0.3 is 0 Å². The van der Waals surface area contributed by atoms with Gasteiger partial charge in [-0.1, -0.05) is 31.0 Å². The summed E-state index contributed by atoms with van der Waals surface area (Å²) in [5.74, 6) is 0.703. The van der Waals surface area contributed by atoms with Crippen LogP contribution in [0.2, 0.25) is 0 Å². The Morgan fingerprint density at radius 2 is 1.95 bits per heavy atom. The van der Waals surface area contributed by atoms with E-state index in [1.54, 1.807) is 4.90 Å². The predicted molar refractivity (Wildman–Crippen MR) is 75.6 cm³/mol. The highest BCUT2D eigenvalue weighted by atomic mass is 16.2. The van der Waals surface area contributed by atoms with Crippen molar-refractivity contribution < 1.29 is 4.79 Å². The molecule has 1 fully saturated rings. The predicted octanol–water partition coefficient (Wildman–Crippen LogP) is 3.51. The van der Waals surface area contributed by atoms with E-state index in [0.717, 1.165) is 5.69 Å². The summed E-state index contributed by atoms with van der Waals surface area (Å²) in [4.78, 5) is 14.2. The molecule has 3 heteroatoms. The van der Waals surface area contributed by atoms with Crippen LogP contribution < -0.4 is 4.90 Å². The minimum Gasteiger partial charge on any atom is -0.311 e. The lowest BCUT2D eigenvalue weighted by molar-refractivity contribution is -0.119. The monoisotopic (exact) mass is 256 g/mol. The first-order valence-corrected chi connectivity index (χ1v) is 7.03. The topological polar surface area (TPSA) is 44.1 Å². The van der Waals surface area contributed by atoms with Gasteiger partial charge in [0.05, 0.1) is 12.5 Å². The second-order valence-corrected chi connectivity index (χ2v) is 5.14. The van der Waals surface area contributed by atoms with Gasteiger partial charge in [-0.15, -0.1) is 0 Å². The number of para-hydroxylation sites is 1. The van der Waals surface area contributed by atoms with Crippen LogP contribution in [0.5, 0.6) is 0 Å². The Morgan fingerprint density at radius 1 is 1.26 bits per heavy atom. The summed E-state index contributed by atoms with van der Waals surface area (Å²) in [5.41, 5.74) is 0.903. The van der Waals surface area contributed by atoms with Crippen molar-refractivity contribution in [3.63, 3.8) is 0 Å². The molecule has 3 nitrogen and oxygen atoms in total. The zero-order valence-corrected chi connectivity index (χ0v) is 11.2. The van der Waals surface area contributed by atoms with Crippen molar-refractivity contribution in [1.29, 1.82) is 5.26 Å². The highest BCUT2D eigenvalue weighted by molar-refractivity contribution is 5.93. The number of rotatable bonds is 5. The van der Waals surface area contributed by atoms with E-state index >= 15 is 0 Å². The van der Waals surface area contributed by atoms with E-state index < -0.39 is 0 Å². The van der Waals surface area contributed by atoms with Gasteiger partial charge in [0.25, 0.3) is 0 Å². The molecule has 1 amide bonds. The maximum absolute atomic E-state index is 12.4. The number of nitriles is 1. The number of nitrogens with zero attached hydrogens (tertiary/aromatic N) is 2. The highest BCUT2D eigenvalue weighted by Gasteiger charge is 2.22. The molecule has 100 valence electrons. The maximum Gasteiger partial charge on any atom is 0.227 e. The third-order valence-electron chi connectivity index (χ3n) is 3.75. The minimum atomic E-state index is 0.161. The van der Waals surface area contributed by atoms with Crippen LogP contribution in [-0.2, 0) is 4.79 Å². The molecule has 1 aromatic carbocycles. The van der Waals surface area contributed by atoms with Crippen LogP contribution in [0.15, 0.2) is 30.3 Å². The van der Waals surface area contributed by atoms with Gasteiger partial charge in [-0.2, -0.15) is 5.26 Å². The quantitative estimate of drug-likeness (QED) is 0.809. The van der Waals surface area contributed by atoms with Gasteiger partial charge in [-0.3, -0.25) is 4.79 Å². The molecule has 0 bridgehead atoms. The van der Waals surface area contributed by atoms with E-state index in [2.05, 4.69) is 6.07 Å². The Kier molecular flexibility index (Phi) is 4.97. The fourth-order valence-corrected chi connectivity index (χ4v) is 2.74. The van der Waals surface area contributed by atoms with Crippen molar-refractivity contribution in [2.24, 2.45) is 5.92 Å². The van der Waals surface area contributed by atoms with Crippen LogP contribution in [0, 0.1) is 17.2 Å². The molecule has 1 aliphatic rings. The van der Waals surface area contributed by atoms with Crippen molar-refractivity contribution in [2.75, 3.05) is 11.4 Å². The lowest BCUT2D eigenvalue weighted by Gasteiger charge is -2.23. The Labute approximate surface area is 114 Å². The largest absolute Gasteiger partial charge is 0.311 e. The fourth-order valence-electron chi connectivity index (χ4n) is 2.74. The smallest absolute Gasteiger partial charge is 0.227 e. The van der Waals surface area contributed by atoms with E-state index in [1.165, 1.54) is 25.7 Å². The molecule has 0 atom stereocenters. The zero-order valence-electron chi connectivity index (χ0n) is 11.2. The van der Waals surface area contributed by atoms with Crippen molar-refractivity contribution in [1.82, 2.24) is 0 Å². The van der Waals surface area contributed by atoms with Crippen LogP contribution in [0.4, 0.5) is 5.69 Å². The molecule has 0 N–H and O–H groups in total. The SMILES string of the molecule is N#CCCN(C(=O)CC1CCCC1)c1ccccc1. The highest BCUT2D eigenvalue weighted by Crippen LogP contribution is 2.29. The molecule has 0 spiro atoms. The van der Waals surface area contributed by atoms with E-state index in [-0.39, 0.29) is 5.91 Å². The molecule has 1 aromatic rings. The zero-order chi connectivity index (χ0) is 13.5. The Balaban J connectivity index is 2.04. The third-order valence-corrected chi connectivity index (χ3v) is 3.75. The van der Waals surface area contributed by atoms with Crippen LogP contribution in [-0.4, -0.2) is 12.5 Å². The van der Waals surface area contributed by atoms with Crippen molar-refractivity contribution in [2.45, 2.75) is 38.5 Å². The summed E-state index contributed by atoms with van der Waals surface area (Å²) in [5, 5.41) is 8.74. The second-order valence-electron chi connectivity index (χ2n) is 5.14. The summed E-state index contributed by atoms with van der Waals surface area (Å²) in [6.45, 7) is 0.492. The number of benzene rings is 1. The first-order chi connectivity index (χ1) is 9.31. The average Bonchev–Trinajstić information content (AvgIpc) is 2.93. The first-order valence-electron chi connectivity index (χ1n) is 7.03. The molecule has 0 saturated heterocycles. The van der Waals surface area contributed by atoms with Crippen LogP contribution >= 0.6 is 0 Å². The number of carbonyl (C=O) groups is 1. The number of anilines is 1. The number of hydrogen-bond donors (Lipinski definition) is 0. The Bertz CT molecular complexity index is 444. The maximum atomic E-state index is 12.4. The molecular weight excluding hydrogens is 236 g/mol. The van der Waals surface area contributed by atoms with Gasteiger partial charge in [0.1, 0.15) is 0 Å². The minimum absolute atomic E-state index is 0.161.